The number of nitrogens with zero attached hydrogens (tertiary/aromatic N) is 2. The Hall–Kier alpha value is -1.89. The SMILES string of the molecule is Cc1cnc(C(C)Nc2nc(CC(=O)O)cs2)o1. The van der Waals surface area contributed by atoms with Gasteiger partial charge in [-0.15, -0.1) is 11.3 Å². The summed E-state index contributed by atoms with van der Waals surface area (Å²) >= 11 is 1.37. The van der Waals surface area contributed by atoms with Crippen LogP contribution in [0.25, 0.3) is 0 Å². The van der Waals surface area contributed by atoms with E-state index in [-0.39, 0.29) is 12.5 Å². The topological polar surface area (TPSA) is 88.2 Å². The molecule has 2 rings (SSSR count). The van der Waals surface area contributed by atoms with Crippen molar-refractivity contribution in [3.8, 4) is 0 Å². The smallest absolute Gasteiger partial charge is 0.309 e. The Labute approximate surface area is 108 Å². The van der Waals surface area contributed by atoms with Crippen molar-refractivity contribution >= 4 is 22.4 Å². The van der Waals surface area contributed by atoms with Gasteiger partial charge in [0.15, 0.2) is 5.13 Å². The zero-order chi connectivity index (χ0) is 13.1. The summed E-state index contributed by atoms with van der Waals surface area (Å²) in [5.74, 6) is 0.454. The van der Waals surface area contributed by atoms with E-state index in [4.69, 9.17) is 9.52 Å². The van der Waals surface area contributed by atoms with Gasteiger partial charge in [0.2, 0.25) is 5.89 Å². The average Bonchev–Trinajstić information content (AvgIpc) is 2.87. The molecule has 0 saturated heterocycles. The minimum absolute atomic E-state index is 0.0648. The van der Waals surface area contributed by atoms with Gasteiger partial charge >= 0.3 is 5.97 Å². The van der Waals surface area contributed by atoms with Gasteiger partial charge in [0.1, 0.15) is 11.8 Å². The van der Waals surface area contributed by atoms with Crippen molar-refractivity contribution in [2.24, 2.45) is 0 Å². The van der Waals surface area contributed by atoms with E-state index in [1.54, 1.807) is 11.6 Å². The highest BCUT2D eigenvalue weighted by atomic mass is 32.1. The minimum atomic E-state index is -0.886. The van der Waals surface area contributed by atoms with Gasteiger partial charge in [-0.3, -0.25) is 4.79 Å². The lowest BCUT2D eigenvalue weighted by molar-refractivity contribution is -0.136. The minimum Gasteiger partial charge on any atom is -0.481 e. The van der Waals surface area contributed by atoms with Crippen molar-refractivity contribution < 1.29 is 14.3 Å². The predicted molar refractivity (Wildman–Crippen MR) is 66.7 cm³/mol. The molecule has 2 aromatic heterocycles. The van der Waals surface area contributed by atoms with Crippen molar-refractivity contribution in [1.82, 2.24) is 9.97 Å². The number of thiazole rings is 1. The van der Waals surface area contributed by atoms with Gasteiger partial charge in [0, 0.05) is 5.38 Å². The Balaban J connectivity index is 2.00. The number of carbonyl (C=O) groups is 1. The van der Waals surface area contributed by atoms with E-state index in [0.29, 0.717) is 16.7 Å². The molecule has 2 N–H and O–H groups in total. The van der Waals surface area contributed by atoms with Gasteiger partial charge in [0.05, 0.1) is 18.3 Å². The first-order valence-corrected chi connectivity index (χ1v) is 6.27. The summed E-state index contributed by atoms with van der Waals surface area (Å²) in [6.07, 6.45) is 1.59. The number of aliphatic carboxylic acids is 1. The van der Waals surface area contributed by atoms with Crippen LogP contribution >= 0.6 is 11.3 Å². The standard InChI is InChI=1S/C11H13N3O3S/c1-6-4-12-10(17-6)7(2)13-11-14-8(5-18-11)3-9(15)16/h4-5,7H,3H2,1-2H3,(H,13,14)(H,15,16). The van der Waals surface area contributed by atoms with Crippen molar-refractivity contribution in [2.45, 2.75) is 26.3 Å². The lowest BCUT2D eigenvalue weighted by Crippen LogP contribution is -2.07. The van der Waals surface area contributed by atoms with Crippen LogP contribution in [0, 0.1) is 6.92 Å². The predicted octanol–water partition coefficient (Wildman–Crippen LogP) is 2.24. The molecule has 1 unspecified atom stereocenters. The number of hydrogen-bond acceptors (Lipinski definition) is 6. The lowest BCUT2D eigenvalue weighted by atomic mass is 10.3. The molecule has 0 fully saturated rings. The summed E-state index contributed by atoms with van der Waals surface area (Å²) < 4.78 is 5.40. The first-order chi connectivity index (χ1) is 8.54. The molecule has 96 valence electrons. The molecule has 0 amide bonds. The molecule has 0 spiro atoms. The lowest BCUT2D eigenvalue weighted by Gasteiger charge is -2.08. The number of aryl methyl sites for hydroxylation is 1. The van der Waals surface area contributed by atoms with E-state index < -0.39 is 5.97 Å². The van der Waals surface area contributed by atoms with Crippen molar-refractivity contribution in [3.05, 3.63) is 28.9 Å². The number of rotatable bonds is 5. The normalized spacial score (nSPS) is 12.3. The Morgan fingerprint density at radius 2 is 2.44 bits per heavy atom. The first-order valence-electron chi connectivity index (χ1n) is 5.39. The number of carboxylic acid groups (broad SMARTS) is 1. The number of aromatic nitrogens is 2. The highest BCUT2D eigenvalue weighted by Gasteiger charge is 2.13. The van der Waals surface area contributed by atoms with Crippen LogP contribution in [0.5, 0.6) is 0 Å². The molecule has 1 atom stereocenters. The molecule has 7 heteroatoms. The third-order valence-corrected chi connectivity index (χ3v) is 3.06. The van der Waals surface area contributed by atoms with Crippen LogP contribution < -0.4 is 5.32 Å². The number of oxazole rings is 1. The maximum atomic E-state index is 10.5. The van der Waals surface area contributed by atoms with Crippen molar-refractivity contribution in [3.63, 3.8) is 0 Å². The Kier molecular flexibility index (Phi) is 3.61. The van der Waals surface area contributed by atoms with Crippen molar-refractivity contribution in [2.75, 3.05) is 5.32 Å². The summed E-state index contributed by atoms with van der Waals surface area (Å²) in [5, 5.41) is 14.2. The van der Waals surface area contributed by atoms with Crippen LogP contribution in [0.2, 0.25) is 0 Å². The van der Waals surface area contributed by atoms with E-state index in [0.717, 1.165) is 5.76 Å². The Morgan fingerprint density at radius 3 is 3.06 bits per heavy atom. The van der Waals surface area contributed by atoms with Gasteiger partial charge in [-0.2, -0.15) is 0 Å². The first kappa shape index (κ1) is 12.6. The molecule has 0 saturated carbocycles. The quantitative estimate of drug-likeness (QED) is 0.863. The molecule has 6 nitrogen and oxygen atoms in total. The number of hydrogen-bond donors (Lipinski definition) is 2. The summed E-state index contributed by atoms with van der Waals surface area (Å²) in [6.45, 7) is 3.74. The zero-order valence-electron chi connectivity index (χ0n) is 10.0. The van der Waals surface area contributed by atoms with Crippen LogP contribution in [-0.4, -0.2) is 21.0 Å². The molecule has 18 heavy (non-hydrogen) atoms. The molecule has 2 aromatic rings. The van der Waals surface area contributed by atoms with Gasteiger partial charge in [0.25, 0.3) is 0 Å². The number of carboxylic acids is 1. The fraction of sp³-hybridized carbons (Fsp3) is 0.364. The fourth-order valence-electron chi connectivity index (χ4n) is 1.43. The summed E-state index contributed by atoms with van der Waals surface area (Å²) in [5.41, 5.74) is 0.547. The summed E-state index contributed by atoms with van der Waals surface area (Å²) in [4.78, 5) is 18.8. The highest BCUT2D eigenvalue weighted by Crippen LogP contribution is 2.22. The van der Waals surface area contributed by atoms with Crippen molar-refractivity contribution in [1.29, 1.82) is 0 Å². The highest BCUT2D eigenvalue weighted by molar-refractivity contribution is 7.13. The number of nitrogens with one attached hydrogen (secondary N) is 1. The Bertz CT molecular complexity index is 549. The maximum absolute atomic E-state index is 10.5. The molecule has 0 bridgehead atoms. The maximum Gasteiger partial charge on any atom is 0.309 e. The summed E-state index contributed by atoms with van der Waals surface area (Å²) in [7, 11) is 0. The third kappa shape index (κ3) is 3.07. The van der Waals surface area contributed by atoms with E-state index in [2.05, 4.69) is 15.3 Å². The number of anilines is 1. The van der Waals surface area contributed by atoms with Gasteiger partial charge in [-0.25, -0.2) is 9.97 Å². The second kappa shape index (κ2) is 5.18. The van der Waals surface area contributed by atoms with Gasteiger partial charge in [-0.1, -0.05) is 0 Å². The largest absolute Gasteiger partial charge is 0.481 e. The van der Waals surface area contributed by atoms with Gasteiger partial charge < -0.3 is 14.8 Å². The average molecular weight is 267 g/mol. The molecule has 0 aliphatic rings. The third-order valence-electron chi connectivity index (χ3n) is 2.23. The van der Waals surface area contributed by atoms with Crippen LogP contribution in [0.1, 0.15) is 30.3 Å². The molecule has 0 radical (unpaired) electrons. The Morgan fingerprint density at radius 1 is 1.67 bits per heavy atom. The van der Waals surface area contributed by atoms with E-state index >= 15 is 0 Å². The molecule has 0 aliphatic carbocycles. The second-order valence-corrected chi connectivity index (χ2v) is 4.75. The van der Waals surface area contributed by atoms with E-state index in [1.165, 1.54) is 11.3 Å². The molecular formula is C11H13N3O3S. The van der Waals surface area contributed by atoms with Crippen LogP contribution in [-0.2, 0) is 11.2 Å². The molecule has 2 heterocycles. The van der Waals surface area contributed by atoms with Crippen LogP contribution in [0.4, 0.5) is 5.13 Å². The molecule has 0 aliphatic heterocycles. The molecule has 0 aromatic carbocycles. The monoisotopic (exact) mass is 267 g/mol. The van der Waals surface area contributed by atoms with E-state index in [9.17, 15) is 4.79 Å². The summed E-state index contributed by atoms with van der Waals surface area (Å²) in [6, 6.07) is -0.109. The van der Waals surface area contributed by atoms with Crippen LogP contribution in [0.15, 0.2) is 16.0 Å². The second-order valence-electron chi connectivity index (χ2n) is 3.89. The fourth-order valence-corrected chi connectivity index (χ4v) is 2.23. The zero-order valence-corrected chi connectivity index (χ0v) is 10.8. The van der Waals surface area contributed by atoms with E-state index in [1.807, 2.05) is 13.8 Å². The molecular weight excluding hydrogens is 254 g/mol. The van der Waals surface area contributed by atoms with Gasteiger partial charge in [-0.05, 0) is 13.8 Å². The van der Waals surface area contributed by atoms with Crippen LogP contribution in [0.3, 0.4) is 0 Å².